The molecule has 1 fully saturated rings. The lowest BCUT2D eigenvalue weighted by Crippen LogP contribution is -2.21. The lowest BCUT2D eigenvalue weighted by molar-refractivity contribution is 0.0827. The minimum absolute atomic E-state index is 0.0469. The van der Waals surface area contributed by atoms with Crippen LogP contribution in [0, 0.1) is 11.3 Å². The molecule has 1 saturated carbocycles. The van der Waals surface area contributed by atoms with E-state index < -0.39 is 0 Å². The molecule has 1 amide bonds. The van der Waals surface area contributed by atoms with Crippen molar-refractivity contribution >= 4 is 17.0 Å². The zero-order chi connectivity index (χ0) is 24.4. The Hall–Kier alpha value is -4.11. The maximum atomic E-state index is 12.2. The number of rotatable bonds is 5. The van der Waals surface area contributed by atoms with E-state index in [2.05, 4.69) is 11.1 Å². The third kappa shape index (κ3) is 4.63. The predicted octanol–water partition coefficient (Wildman–Crippen LogP) is 6.45. The number of amides is 1. The van der Waals surface area contributed by atoms with Gasteiger partial charge in [-0.1, -0.05) is 24.6 Å². The average molecular weight is 466 g/mol. The summed E-state index contributed by atoms with van der Waals surface area (Å²) in [4.78, 5) is 18.2. The van der Waals surface area contributed by atoms with E-state index in [-0.39, 0.29) is 12.0 Å². The van der Waals surface area contributed by atoms with Gasteiger partial charge >= 0.3 is 0 Å². The standard InChI is InChI=1S/C29H27N3O3/c1-32(2)29(33)20-10-8-19(9-11-20)27-17-25-28(35-27)24(14-15-31-25)21-12-13-26(22(16-21)18-30)34-23-6-4-3-5-7-23/h8-17,23H,3-7H2,1-2H3. The molecule has 35 heavy (non-hydrogen) atoms. The first-order valence-corrected chi connectivity index (χ1v) is 12.0. The maximum absolute atomic E-state index is 12.2. The fraction of sp³-hybridized carbons (Fsp3) is 0.276. The molecule has 0 spiro atoms. The number of fused-ring (bicyclic) bond motifs is 1. The number of nitrogens with zero attached hydrogens (tertiary/aromatic N) is 3. The highest BCUT2D eigenvalue weighted by Gasteiger charge is 2.18. The summed E-state index contributed by atoms with van der Waals surface area (Å²) >= 11 is 0. The van der Waals surface area contributed by atoms with E-state index in [1.807, 2.05) is 42.5 Å². The average Bonchev–Trinajstić information content (AvgIpc) is 3.34. The minimum atomic E-state index is -0.0469. The van der Waals surface area contributed by atoms with E-state index in [4.69, 9.17) is 9.15 Å². The number of carbonyl (C=O) groups is 1. The number of hydrogen-bond donors (Lipinski definition) is 0. The Kier molecular flexibility index (Phi) is 6.24. The van der Waals surface area contributed by atoms with Crippen LogP contribution in [0.4, 0.5) is 0 Å². The molecule has 0 bridgehead atoms. The molecule has 2 aromatic carbocycles. The van der Waals surface area contributed by atoms with Gasteiger partial charge in [-0.05, 0) is 61.6 Å². The number of benzene rings is 2. The molecule has 2 aromatic heterocycles. The largest absolute Gasteiger partial charge is 0.489 e. The van der Waals surface area contributed by atoms with Crippen LogP contribution < -0.4 is 4.74 Å². The SMILES string of the molecule is CN(C)C(=O)c1ccc(-c2cc3nccc(-c4ccc(OC5CCCCC5)c(C#N)c4)c3o2)cc1. The maximum Gasteiger partial charge on any atom is 0.253 e. The fourth-order valence-electron chi connectivity index (χ4n) is 4.59. The monoisotopic (exact) mass is 465 g/mol. The van der Waals surface area contributed by atoms with Crippen LogP contribution in [-0.2, 0) is 0 Å². The first-order valence-electron chi connectivity index (χ1n) is 12.0. The number of furan rings is 1. The van der Waals surface area contributed by atoms with Crippen molar-refractivity contribution in [3.8, 4) is 34.3 Å². The number of pyridine rings is 1. The van der Waals surface area contributed by atoms with E-state index in [1.165, 1.54) is 19.3 Å². The lowest BCUT2D eigenvalue weighted by Gasteiger charge is -2.23. The molecule has 0 aliphatic heterocycles. The van der Waals surface area contributed by atoms with Crippen LogP contribution >= 0.6 is 0 Å². The van der Waals surface area contributed by atoms with Gasteiger partial charge < -0.3 is 14.1 Å². The van der Waals surface area contributed by atoms with E-state index in [1.54, 1.807) is 37.3 Å². The van der Waals surface area contributed by atoms with Gasteiger partial charge in [-0.3, -0.25) is 9.78 Å². The van der Waals surface area contributed by atoms with Crippen LogP contribution in [0.15, 0.2) is 65.2 Å². The summed E-state index contributed by atoms with van der Waals surface area (Å²) < 4.78 is 12.4. The Labute approximate surface area is 204 Å². The lowest BCUT2D eigenvalue weighted by atomic mass is 9.97. The molecular weight excluding hydrogens is 438 g/mol. The number of hydrogen-bond acceptors (Lipinski definition) is 5. The highest BCUT2D eigenvalue weighted by atomic mass is 16.5. The van der Waals surface area contributed by atoms with E-state index >= 15 is 0 Å². The number of nitriles is 1. The van der Waals surface area contributed by atoms with Crippen LogP contribution in [0.5, 0.6) is 5.75 Å². The molecule has 0 saturated heterocycles. The molecule has 0 radical (unpaired) electrons. The van der Waals surface area contributed by atoms with Crippen molar-refractivity contribution in [1.82, 2.24) is 9.88 Å². The molecule has 2 heterocycles. The van der Waals surface area contributed by atoms with Gasteiger partial charge in [0.25, 0.3) is 5.91 Å². The molecule has 5 rings (SSSR count). The third-order valence-electron chi connectivity index (χ3n) is 6.49. The Morgan fingerprint density at radius 1 is 1.03 bits per heavy atom. The molecule has 0 unspecified atom stereocenters. The summed E-state index contributed by atoms with van der Waals surface area (Å²) in [5, 5.41) is 9.79. The van der Waals surface area contributed by atoms with E-state index in [0.717, 1.165) is 35.0 Å². The normalized spacial score (nSPS) is 14.0. The summed E-state index contributed by atoms with van der Waals surface area (Å²) in [5.41, 5.74) is 5.12. The van der Waals surface area contributed by atoms with Crippen LogP contribution in [0.3, 0.4) is 0 Å². The number of ether oxygens (including phenoxy) is 1. The van der Waals surface area contributed by atoms with Gasteiger partial charge in [0.05, 0.1) is 11.7 Å². The zero-order valence-corrected chi connectivity index (χ0v) is 20.0. The van der Waals surface area contributed by atoms with E-state index in [0.29, 0.717) is 28.2 Å². The highest BCUT2D eigenvalue weighted by molar-refractivity contribution is 5.95. The summed E-state index contributed by atoms with van der Waals surface area (Å²) in [6, 6.07) is 19.1. The van der Waals surface area contributed by atoms with Crippen molar-refractivity contribution in [2.24, 2.45) is 0 Å². The molecule has 1 aliphatic rings. The second kappa shape index (κ2) is 9.63. The van der Waals surface area contributed by atoms with Gasteiger partial charge in [0.1, 0.15) is 23.1 Å². The second-order valence-corrected chi connectivity index (χ2v) is 9.16. The van der Waals surface area contributed by atoms with E-state index in [9.17, 15) is 10.1 Å². The first kappa shape index (κ1) is 22.7. The van der Waals surface area contributed by atoms with Crippen molar-refractivity contribution in [1.29, 1.82) is 5.26 Å². The van der Waals surface area contributed by atoms with Crippen LogP contribution in [0.1, 0.15) is 48.0 Å². The molecule has 176 valence electrons. The van der Waals surface area contributed by atoms with Crippen LogP contribution in [0.25, 0.3) is 33.6 Å². The Morgan fingerprint density at radius 3 is 2.49 bits per heavy atom. The minimum Gasteiger partial charge on any atom is -0.489 e. The molecule has 0 N–H and O–H groups in total. The van der Waals surface area contributed by atoms with Crippen molar-refractivity contribution in [2.45, 2.75) is 38.2 Å². The quantitative estimate of drug-likeness (QED) is 0.338. The van der Waals surface area contributed by atoms with Crippen molar-refractivity contribution in [3.63, 3.8) is 0 Å². The van der Waals surface area contributed by atoms with Gasteiger partial charge in [-0.25, -0.2) is 0 Å². The molecule has 4 aromatic rings. The summed E-state index contributed by atoms with van der Waals surface area (Å²) in [6.07, 6.45) is 7.61. The molecular formula is C29H27N3O3. The predicted molar refractivity (Wildman–Crippen MR) is 135 cm³/mol. The topological polar surface area (TPSA) is 79.4 Å². The fourth-order valence-corrected chi connectivity index (χ4v) is 4.59. The third-order valence-corrected chi connectivity index (χ3v) is 6.49. The van der Waals surface area contributed by atoms with Gasteiger partial charge in [0, 0.05) is 43.0 Å². The first-order chi connectivity index (χ1) is 17.0. The van der Waals surface area contributed by atoms with Crippen molar-refractivity contribution in [2.75, 3.05) is 14.1 Å². The number of carbonyl (C=O) groups excluding carboxylic acids is 1. The molecule has 1 aliphatic carbocycles. The Bertz CT molecular complexity index is 1410. The van der Waals surface area contributed by atoms with Crippen LogP contribution in [0.2, 0.25) is 0 Å². The molecule has 6 heteroatoms. The van der Waals surface area contributed by atoms with Gasteiger partial charge in [0.2, 0.25) is 0 Å². The van der Waals surface area contributed by atoms with Gasteiger partial charge in [0.15, 0.2) is 5.58 Å². The van der Waals surface area contributed by atoms with Crippen molar-refractivity contribution < 1.29 is 13.9 Å². The summed E-state index contributed by atoms with van der Waals surface area (Å²) in [5.74, 6) is 1.26. The van der Waals surface area contributed by atoms with Gasteiger partial charge in [-0.15, -0.1) is 0 Å². The van der Waals surface area contributed by atoms with Gasteiger partial charge in [-0.2, -0.15) is 5.26 Å². The number of aromatic nitrogens is 1. The smallest absolute Gasteiger partial charge is 0.253 e. The summed E-state index contributed by atoms with van der Waals surface area (Å²) in [6.45, 7) is 0. The Morgan fingerprint density at radius 2 is 1.77 bits per heavy atom. The highest BCUT2D eigenvalue weighted by Crippen LogP contribution is 2.36. The zero-order valence-electron chi connectivity index (χ0n) is 20.0. The molecule has 0 atom stereocenters. The Balaban J connectivity index is 1.46. The second-order valence-electron chi connectivity index (χ2n) is 9.16. The van der Waals surface area contributed by atoms with Crippen molar-refractivity contribution in [3.05, 3.63) is 71.9 Å². The van der Waals surface area contributed by atoms with Crippen LogP contribution in [-0.4, -0.2) is 36.0 Å². The summed E-state index contributed by atoms with van der Waals surface area (Å²) in [7, 11) is 3.46. The molecule has 6 nitrogen and oxygen atoms in total.